The summed E-state index contributed by atoms with van der Waals surface area (Å²) >= 11 is 0. The molecule has 0 aromatic heterocycles. The molecule has 0 spiro atoms. The van der Waals surface area contributed by atoms with Crippen molar-refractivity contribution >= 4 is 23.0 Å². The molecule has 0 radical (unpaired) electrons. The first kappa shape index (κ1) is 11.6. The maximum Gasteiger partial charge on any atom is 0.245 e. The smallest absolute Gasteiger partial charge is 0.245 e. The second-order valence-electron chi connectivity index (χ2n) is 4.78. The van der Waals surface area contributed by atoms with Gasteiger partial charge in [0.15, 0.2) is 0 Å². The Balaban J connectivity index is 2.38. The lowest BCUT2D eigenvalue weighted by atomic mass is 9.97. The molecular formula is C12H18N4O. The Morgan fingerprint density at radius 2 is 2.00 bits per heavy atom. The van der Waals surface area contributed by atoms with Crippen molar-refractivity contribution < 1.29 is 4.79 Å². The van der Waals surface area contributed by atoms with Crippen molar-refractivity contribution in [2.45, 2.75) is 19.4 Å². The highest BCUT2D eigenvalue weighted by Crippen LogP contribution is 2.29. The third kappa shape index (κ3) is 1.88. The number of carbonyl (C=O) groups excluding carboxylic acids is 1. The average molecular weight is 234 g/mol. The van der Waals surface area contributed by atoms with Gasteiger partial charge in [0.2, 0.25) is 5.91 Å². The normalized spacial score (nSPS) is 18.9. The lowest BCUT2D eigenvalue weighted by Gasteiger charge is -2.43. The van der Waals surface area contributed by atoms with Gasteiger partial charge in [-0.2, -0.15) is 0 Å². The van der Waals surface area contributed by atoms with E-state index in [2.05, 4.69) is 5.32 Å². The number of nitrogens with two attached hydrogens (primary N) is 2. The predicted molar refractivity (Wildman–Crippen MR) is 69.7 cm³/mol. The number of hydrogen-bond donors (Lipinski definition) is 3. The lowest BCUT2D eigenvalue weighted by Crippen LogP contribution is -2.62. The van der Waals surface area contributed by atoms with Crippen LogP contribution < -0.4 is 21.7 Å². The van der Waals surface area contributed by atoms with Crippen LogP contribution in [0.15, 0.2) is 18.2 Å². The number of nitrogens with one attached hydrogen (secondary N) is 1. The van der Waals surface area contributed by atoms with Crippen molar-refractivity contribution in [3.63, 3.8) is 0 Å². The Hall–Kier alpha value is -1.91. The molecule has 0 atom stereocenters. The summed E-state index contributed by atoms with van der Waals surface area (Å²) < 4.78 is 0. The summed E-state index contributed by atoms with van der Waals surface area (Å²) in [5.41, 5.74) is 13.0. The monoisotopic (exact) mass is 234 g/mol. The van der Waals surface area contributed by atoms with Gasteiger partial charge in [-0.25, -0.2) is 0 Å². The van der Waals surface area contributed by atoms with Crippen LogP contribution in [0.1, 0.15) is 13.8 Å². The molecule has 0 unspecified atom stereocenters. The molecule has 1 aliphatic heterocycles. The molecule has 5 heteroatoms. The van der Waals surface area contributed by atoms with E-state index < -0.39 is 5.54 Å². The van der Waals surface area contributed by atoms with E-state index in [-0.39, 0.29) is 5.91 Å². The molecule has 1 aromatic rings. The van der Waals surface area contributed by atoms with Crippen molar-refractivity contribution in [3.8, 4) is 0 Å². The fraction of sp³-hybridized carbons (Fsp3) is 0.417. The van der Waals surface area contributed by atoms with Crippen LogP contribution in [0, 0.1) is 0 Å². The highest BCUT2D eigenvalue weighted by atomic mass is 16.2. The van der Waals surface area contributed by atoms with Crippen LogP contribution in [0.5, 0.6) is 0 Å². The van der Waals surface area contributed by atoms with Crippen LogP contribution in [0.2, 0.25) is 0 Å². The molecule has 1 aliphatic rings. The minimum Gasteiger partial charge on any atom is -0.397 e. The summed E-state index contributed by atoms with van der Waals surface area (Å²) in [5.74, 6) is 0.0270. The van der Waals surface area contributed by atoms with E-state index >= 15 is 0 Å². The highest BCUT2D eigenvalue weighted by Gasteiger charge is 2.37. The summed E-state index contributed by atoms with van der Waals surface area (Å²) in [5, 5.41) is 2.86. The zero-order chi connectivity index (χ0) is 12.6. The number of amides is 1. The highest BCUT2D eigenvalue weighted by molar-refractivity contribution is 5.90. The number of nitrogen functional groups attached to an aromatic ring is 2. The Labute approximate surface area is 101 Å². The zero-order valence-corrected chi connectivity index (χ0v) is 10.2. The lowest BCUT2D eigenvalue weighted by molar-refractivity contribution is -0.126. The van der Waals surface area contributed by atoms with Crippen LogP contribution in [-0.4, -0.2) is 24.5 Å². The number of nitrogens with zero attached hydrogens (tertiary/aromatic N) is 1. The second-order valence-corrected chi connectivity index (χ2v) is 4.78. The number of anilines is 3. The molecular weight excluding hydrogens is 216 g/mol. The molecule has 1 fully saturated rings. The Bertz CT molecular complexity index is 456. The van der Waals surface area contributed by atoms with Gasteiger partial charge in [-0.1, -0.05) is 0 Å². The van der Waals surface area contributed by atoms with Gasteiger partial charge in [0.25, 0.3) is 0 Å². The molecule has 92 valence electrons. The maximum atomic E-state index is 11.8. The standard InChI is InChI=1S/C12H18N4O/c1-12(2)11(17)15-5-6-16(12)8-3-4-9(13)10(14)7-8/h3-4,7H,5-6,13-14H2,1-2H3,(H,15,17). The Morgan fingerprint density at radius 3 is 2.65 bits per heavy atom. The van der Waals surface area contributed by atoms with Crippen LogP contribution in [-0.2, 0) is 4.79 Å². The molecule has 0 aliphatic carbocycles. The minimum absolute atomic E-state index is 0.0270. The Kier molecular flexibility index (Phi) is 2.61. The van der Waals surface area contributed by atoms with E-state index in [1.165, 1.54) is 0 Å². The van der Waals surface area contributed by atoms with E-state index in [0.717, 1.165) is 12.2 Å². The number of benzene rings is 1. The van der Waals surface area contributed by atoms with Crippen LogP contribution in [0.3, 0.4) is 0 Å². The van der Waals surface area contributed by atoms with E-state index in [0.29, 0.717) is 17.9 Å². The third-order valence-corrected chi connectivity index (χ3v) is 3.23. The van der Waals surface area contributed by atoms with E-state index in [9.17, 15) is 4.79 Å². The van der Waals surface area contributed by atoms with Gasteiger partial charge in [0.05, 0.1) is 11.4 Å². The van der Waals surface area contributed by atoms with Crippen LogP contribution >= 0.6 is 0 Å². The number of hydrogen-bond acceptors (Lipinski definition) is 4. The third-order valence-electron chi connectivity index (χ3n) is 3.23. The van der Waals surface area contributed by atoms with Crippen LogP contribution in [0.4, 0.5) is 17.1 Å². The molecule has 1 saturated heterocycles. The number of piperazine rings is 1. The second kappa shape index (κ2) is 3.84. The van der Waals surface area contributed by atoms with E-state index in [1.807, 2.05) is 30.9 Å². The summed E-state index contributed by atoms with van der Waals surface area (Å²) in [6.07, 6.45) is 0. The molecule has 1 heterocycles. The van der Waals surface area contributed by atoms with Gasteiger partial charge < -0.3 is 21.7 Å². The van der Waals surface area contributed by atoms with E-state index in [4.69, 9.17) is 11.5 Å². The largest absolute Gasteiger partial charge is 0.397 e. The fourth-order valence-corrected chi connectivity index (χ4v) is 2.08. The Morgan fingerprint density at radius 1 is 1.29 bits per heavy atom. The summed E-state index contributed by atoms with van der Waals surface area (Å²) in [6.45, 7) is 5.21. The molecule has 5 nitrogen and oxygen atoms in total. The summed E-state index contributed by atoms with van der Waals surface area (Å²) in [6, 6.07) is 5.48. The van der Waals surface area contributed by atoms with Crippen molar-refractivity contribution in [1.82, 2.24) is 5.32 Å². The van der Waals surface area contributed by atoms with Crippen molar-refractivity contribution in [2.75, 3.05) is 29.5 Å². The first-order valence-corrected chi connectivity index (χ1v) is 5.64. The van der Waals surface area contributed by atoms with Crippen molar-refractivity contribution in [1.29, 1.82) is 0 Å². The first-order chi connectivity index (χ1) is 7.93. The molecule has 17 heavy (non-hydrogen) atoms. The molecule has 2 rings (SSSR count). The van der Waals surface area contributed by atoms with Gasteiger partial charge in [-0.05, 0) is 32.0 Å². The zero-order valence-electron chi connectivity index (χ0n) is 10.2. The van der Waals surface area contributed by atoms with Gasteiger partial charge in [-0.15, -0.1) is 0 Å². The van der Waals surface area contributed by atoms with Gasteiger partial charge >= 0.3 is 0 Å². The van der Waals surface area contributed by atoms with Crippen molar-refractivity contribution in [3.05, 3.63) is 18.2 Å². The molecule has 0 saturated carbocycles. The van der Waals surface area contributed by atoms with Gasteiger partial charge in [-0.3, -0.25) is 4.79 Å². The molecule has 1 aromatic carbocycles. The predicted octanol–water partition coefficient (Wildman–Crippen LogP) is 0.566. The summed E-state index contributed by atoms with van der Waals surface area (Å²) in [4.78, 5) is 13.9. The van der Waals surface area contributed by atoms with Crippen molar-refractivity contribution in [2.24, 2.45) is 0 Å². The maximum absolute atomic E-state index is 11.8. The van der Waals surface area contributed by atoms with E-state index in [1.54, 1.807) is 6.07 Å². The first-order valence-electron chi connectivity index (χ1n) is 5.64. The fourth-order valence-electron chi connectivity index (χ4n) is 2.08. The van der Waals surface area contributed by atoms with Gasteiger partial charge in [0.1, 0.15) is 5.54 Å². The average Bonchev–Trinajstić information content (AvgIpc) is 2.26. The number of rotatable bonds is 1. The van der Waals surface area contributed by atoms with Gasteiger partial charge in [0, 0.05) is 18.8 Å². The molecule has 5 N–H and O–H groups in total. The SMILES string of the molecule is CC1(C)C(=O)NCCN1c1ccc(N)c(N)c1. The van der Waals surface area contributed by atoms with Crippen LogP contribution in [0.25, 0.3) is 0 Å². The molecule has 1 amide bonds. The number of carbonyl (C=O) groups is 1. The topological polar surface area (TPSA) is 84.4 Å². The molecule has 0 bridgehead atoms. The quantitative estimate of drug-likeness (QED) is 0.620. The summed E-state index contributed by atoms with van der Waals surface area (Å²) in [7, 11) is 0. The minimum atomic E-state index is -0.569.